The van der Waals surface area contributed by atoms with Crippen LogP contribution in [0.1, 0.15) is 10.5 Å². The van der Waals surface area contributed by atoms with E-state index in [9.17, 15) is 4.79 Å². The van der Waals surface area contributed by atoms with Crippen LogP contribution in [-0.2, 0) is 9.47 Å². The largest absolute Gasteiger partial charge is 0.354 e. The molecule has 1 amide bonds. The van der Waals surface area contributed by atoms with E-state index in [-0.39, 0.29) is 18.1 Å². The summed E-state index contributed by atoms with van der Waals surface area (Å²) in [6.07, 6.45) is 4.49. The summed E-state index contributed by atoms with van der Waals surface area (Å²) in [5.41, 5.74) is 0.222. The zero-order chi connectivity index (χ0) is 14.4. The lowest BCUT2D eigenvalue weighted by Crippen LogP contribution is -2.34. The zero-order valence-electron chi connectivity index (χ0n) is 11.2. The van der Waals surface area contributed by atoms with Crippen molar-refractivity contribution < 1.29 is 14.3 Å². The first-order valence-electron chi connectivity index (χ1n) is 5.90. The average molecular weight is 277 g/mol. The first-order chi connectivity index (χ1) is 9.74. The molecule has 2 rings (SSSR count). The van der Waals surface area contributed by atoms with Crippen molar-refractivity contribution in [1.29, 1.82) is 0 Å². The minimum atomic E-state index is -0.489. The van der Waals surface area contributed by atoms with Crippen molar-refractivity contribution in [3.05, 3.63) is 36.5 Å². The minimum absolute atomic E-state index is 0.222. The van der Waals surface area contributed by atoms with E-state index in [2.05, 4.69) is 20.5 Å². The standard InChI is InChI=1S/C12H15N5O3/c1-19-11(20-2)7-14-12(18)9-3-4-10(16-15-9)17-6-5-13-8-17/h3-6,8,11H,7H2,1-2H3,(H,14,18). The molecule has 0 aromatic carbocycles. The molecule has 1 N–H and O–H groups in total. The number of hydrogen-bond acceptors (Lipinski definition) is 6. The van der Waals surface area contributed by atoms with Crippen LogP contribution < -0.4 is 5.32 Å². The topological polar surface area (TPSA) is 91.2 Å². The maximum atomic E-state index is 11.8. The molecule has 0 atom stereocenters. The van der Waals surface area contributed by atoms with Gasteiger partial charge < -0.3 is 14.8 Å². The summed E-state index contributed by atoms with van der Waals surface area (Å²) >= 11 is 0. The molecule has 0 bridgehead atoms. The lowest BCUT2D eigenvalue weighted by molar-refractivity contribution is -0.0974. The molecule has 2 aromatic rings. The zero-order valence-corrected chi connectivity index (χ0v) is 11.2. The first kappa shape index (κ1) is 14.1. The van der Waals surface area contributed by atoms with Crippen LogP contribution in [0.25, 0.3) is 5.82 Å². The molecule has 2 aromatic heterocycles. The van der Waals surface area contributed by atoms with Gasteiger partial charge in [0, 0.05) is 26.6 Å². The summed E-state index contributed by atoms with van der Waals surface area (Å²) in [6, 6.07) is 3.28. The van der Waals surface area contributed by atoms with Gasteiger partial charge >= 0.3 is 0 Å². The third-order valence-electron chi connectivity index (χ3n) is 2.61. The van der Waals surface area contributed by atoms with Crippen molar-refractivity contribution in [2.45, 2.75) is 6.29 Å². The molecule has 0 aliphatic rings. The summed E-state index contributed by atoms with van der Waals surface area (Å²) in [5.74, 6) is 0.250. The van der Waals surface area contributed by atoms with Crippen LogP contribution in [0.2, 0.25) is 0 Å². The number of nitrogens with zero attached hydrogens (tertiary/aromatic N) is 4. The molecule has 0 saturated carbocycles. The number of hydrogen-bond donors (Lipinski definition) is 1. The number of aromatic nitrogens is 4. The van der Waals surface area contributed by atoms with E-state index in [0.717, 1.165) is 0 Å². The normalized spacial score (nSPS) is 10.8. The number of nitrogens with one attached hydrogen (secondary N) is 1. The molecule has 20 heavy (non-hydrogen) atoms. The molecular formula is C12H15N5O3. The number of imidazole rings is 1. The van der Waals surface area contributed by atoms with Crippen LogP contribution in [0.5, 0.6) is 0 Å². The van der Waals surface area contributed by atoms with Crippen LogP contribution in [0.4, 0.5) is 0 Å². The molecular weight excluding hydrogens is 262 g/mol. The van der Waals surface area contributed by atoms with Gasteiger partial charge in [-0.3, -0.25) is 9.36 Å². The van der Waals surface area contributed by atoms with Crippen molar-refractivity contribution in [2.75, 3.05) is 20.8 Å². The first-order valence-corrected chi connectivity index (χ1v) is 5.90. The minimum Gasteiger partial charge on any atom is -0.354 e. The fraction of sp³-hybridized carbons (Fsp3) is 0.333. The predicted molar refractivity (Wildman–Crippen MR) is 69.3 cm³/mol. The second-order valence-electron chi connectivity index (χ2n) is 3.86. The summed E-state index contributed by atoms with van der Waals surface area (Å²) in [5, 5.41) is 10.5. The number of amides is 1. The average Bonchev–Trinajstić information content (AvgIpc) is 3.02. The van der Waals surface area contributed by atoms with E-state index < -0.39 is 6.29 Å². The van der Waals surface area contributed by atoms with Crippen molar-refractivity contribution >= 4 is 5.91 Å². The molecule has 0 unspecified atom stereocenters. The van der Waals surface area contributed by atoms with Crippen LogP contribution in [-0.4, -0.2) is 52.7 Å². The summed E-state index contributed by atoms with van der Waals surface area (Å²) in [4.78, 5) is 15.7. The molecule has 8 heteroatoms. The Morgan fingerprint density at radius 3 is 2.70 bits per heavy atom. The Hall–Kier alpha value is -2.32. The third kappa shape index (κ3) is 3.37. The van der Waals surface area contributed by atoms with Crippen LogP contribution >= 0.6 is 0 Å². The van der Waals surface area contributed by atoms with E-state index in [1.807, 2.05) is 0 Å². The molecule has 0 radical (unpaired) electrons. The number of carbonyl (C=O) groups is 1. The van der Waals surface area contributed by atoms with Gasteiger partial charge in [-0.25, -0.2) is 4.98 Å². The van der Waals surface area contributed by atoms with Gasteiger partial charge in [-0.2, -0.15) is 0 Å². The number of carbonyl (C=O) groups excluding carboxylic acids is 1. The Morgan fingerprint density at radius 1 is 1.35 bits per heavy atom. The molecule has 0 spiro atoms. The van der Waals surface area contributed by atoms with Crippen LogP contribution in [0.15, 0.2) is 30.9 Å². The Bertz CT molecular complexity index is 537. The molecule has 106 valence electrons. The van der Waals surface area contributed by atoms with Crippen LogP contribution in [0, 0.1) is 0 Å². The second-order valence-corrected chi connectivity index (χ2v) is 3.86. The molecule has 0 saturated heterocycles. The highest BCUT2D eigenvalue weighted by atomic mass is 16.7. The van der Waals surface area contributed by atoms with E-state index in [4.69, 9.17) is 9.47 Å². The summed E-state index contributed by atoms with van der Waals surface area (Å²) in [7, 11) is 3.00. The van der Waals surface area contributed by atoms with Crippen molar-refractivity contribution in [3.63, 3.8) is 0 Å². The van der Waals surface area contributed by atoms with E-state index in [0.29, 0.717) is 5.82 Å². The monoisotopic (exact) mass is 277 g/mol. The maximum Gasteiger partial charge on any atom is 0.271 e. The maximum absolute atomic E-state index is 11.8. The molecule has 8 nitrogen and oxygen atoms in total. The van der Waals surface area contributed by atoms with Gasteiger partial charge in [-0.05, 0) is 12.1 Å². The van der Waals surface area contributed by atoms with E-state index in [1.54, 1.807) is 35.4 Å². The van der Waals surface area contributed by atoms with Crippen molar-refractivity contribution in [1.82, 2.24) is 25.1 Å². The van der Waals surface area contributed by atoms with Gasteiger partial charge in [0.2, 0.25) is 0 Å². The fourth-order valence-electron chi connectivity index (χ4n) is 1.51. The molecule has 2 heterocycles. The Labute approximate surface area is 115 Å². The highest BCUT2D eigenvalue weighted by Gasteiger charge is 2.11. The highest BCUT2D eigenvalue weighted by Crippen LogP contribution is 2.02. The van der Waals surface area contributed by atoms with Gasteiger partial charge in [-0.1, -0.05) is 0 Å². The predicted octanol–water partition coefficient (Wildman–Crippen LogP) is 0.0110. The second kappa shape index (κ2) is 6.73. The lowest BCUT2D eigenvalue weighted by atomic mass is 10.3. The van der Waals surface area contributed by atoms with Gasteiger partial charge in [-0.15, -0.1) is 10.2 Å². The van der Waals surface area contributed by atoms with Crippen molar-refractivity contribution in [3.8, 4) is 5.82 Å². The van der Waals surface area contributed by atoms with Gasteiger partial charge in [0.25, 0.3) is 5.91 Å². The smallest absolute Gasteiger partial charge is 0.271 e. The van der Waals surface area contributed by atoms with Crippen LogP contribution in [0.3, 0.4) is 0 Å². The van der Waals surface area contributed by atoms with E-state index in [1.165, 1.54) is 14.2 Å². The Balaban J connectivity index is 1.97. The summed E-state index contributed by atoms with van der Waals surface area (Å²) < 4.78 is 11.6. The summed E-state index contributed by atoms with van der Waals surface area (Å²) in [6.45, 7) is 0.233. The third-order valence-corrected chi connectivity index (χ3v) is 2.61. The number of methoxy groups -OCH3 is 2. The quantitative estimate of drug-likeness (QED) is 0.748. The number of ether oxygens (including phenoxy) is 2. The van der Waals surface area contributed by atoms with Gasteiger partial charge in [0.15, 0.2) is 17.8 Å². The fourth-order valence-corrected chi connectivity index (χ4v) is 1.51. The highest BCUT2D eigenvalue weighted by molar-refractivity contribution is 5.92. The van der Waals surface area contributed by atoms with Gasteiger partial charge in [0.1, 0.15) is 6.33 Å². The molecule has 0 aliphatic heterocycles. The number of rotatable bonds is 6. The molecule has 0 fully saturated rings. The Kier molecular flexibility index (Phi) is 4.75. The van der Waals surface area contributed by atoms with Gasteiger partial charge in [0.05, 0.1) is 6.54 Å². The lowest BCUT2D eigenvalue weighted by Gasteiger charge is -2.13. The molecule has 0 aliphatic carbocycles. The Morgan fingerprint density at radius 2 is 2.15 bits per heavy atom. The van der Waals surface area contributed by atoms with Crippen molar-refractivity contribution in [2.24, 2.45) is 0 Å². The SMILES string of the molecule is COC(CNC(=O)c1ccc(-n2ccnc2)nn1)OC. The van der Waals surface area contributed by atoms with E-state index >= 15 is 0 Å².